The minimum absolute atomic E-state index is 0.164. The third-order valence-electron chi connectivity index (χ3n) is 5.23. The SMILES string of the molecule is C#CCOc1c(Br)cc(/C=N/NC(=O)c2ccc(-n3c(C)ccc3-c3ccccc3)cc2)cc1Br. The molecule has 5 nitrogen and oxygen atoms in total. The zero-order valence-electron chi connectivity index (χ0n) is 18.8. The van der Waals surface area contributed by atoms with Crippen LogP contribution in [0.4, 0.5) is 0 Å². The van der Waals surface area contributed by atoms with E-state index in [2.05, 4.69) is 84.1 Å². The molecule has 0 aliphatic carbocycles. The highest BCUT2D eigenvalue weighted by atomic mass is 79.9. The Balaban J connectivity index is 1.46. The Hall–Kier alpha value is -3.60. The van der Waals surface area contributed by atoms with Gasteiger partial charge in [0, 0.05) is 16.9 Å². The fourth-order valence-corrected chi connectivity index (χ4v) is 5.06. The maximum atomic E-state index is 12.6. The number of halogens is 2. The van der Waals surface area contributed by atoms with Gasteiger partial charge in [-0.15, -0.1) is 6.42 Å². The molecule has 0 aliphatic rings. The second-order valence-corrected chi connectivity index (χ2v) is 9.32. The van der Waals surface area contributed by atoms with Crippen molar-refractivity contribution in [2.75, 3.05) is 6.61 Å². The minimum Gasteiger partial charge on any atom is -0.479 e. The van der Waals surface area contributed by atoms with Gasteiger partial charge >= 0.3 is 0 Å². The Morgan fingerprint density at radius 1 is 1.06 bits per heavy atom. The van der Waals surface area contributed by atoms with Crippen LogP contribution in [-0.2, 0) is 0 Å². The number of rotatable bonds is 7. The standard InChI is InChI=1S/C28H21Br2N3O2/c1-3-15-35-27-24(29)16-20(17-25(27)30)18-31-32-28(34)22-10-12-23(13-11-22)33-19(2)9-14-26(33)21-7-5-4-6-8-21/h1,4-14,16-18H,15H2,2H3,(H,32,34)/b31-18+. The van der Waals surface area contributed by atoms with Crippen molar-refractivity contribution in [1.82, 2.24) is 9.99 Å². The van der Waals surface area contributed by atoms with Crippen LogP contribution >= 0.6 is 31.9 Å². The number of benzene rings is 3. The summed E-state index contributed by atoms with van der Waals surface area (Å²) >= 11 is 6.92. The zero-order valence-corrected chi connectivity index (χ0v) is 22.0. The van der Waals surface area contributed by atoms with Crippen molar-refractivity contribution in [2.24, 2.45) is 5.10 Å². The van der Waals surface area contributed by atoms with Gasteiger partial charge in [-0.05, 0) is 98.4 Å². The van der Waals surface area contributed by atoms with E-state index in [9.17, 15) is 4.79 Å². The summed E-state index contributed by atoms with van der Waals surface area (Å²) in [5.74, 6) is 2.74. The van der Waals surface area contributed by atoms with Crippen LogP contribution in [-0.4, -0.2) is 23.3 Å². The number of ether oxygens (including phenoxy) is 1. The molecule has 4 aromatic rings. The van der Waals surface area contributed by atoms with E-state index in [0.717, 1.165) is 37.1 Å². The molecule has 0 bridgehead atoms. The Labute approximate surface area is 221 Å². The lowest BCUT2D eigenvalue weighted by atomic mass is 10.1. The summed E-state index contributed by atoms with van der Waals surface area (Å²) in [4.78, 5) is 12.6. The van der Waals surface area contributed by atoms with Crippen LogP contribution in [0.2, 0.25) is 0 Å². The van der Waals surface area contributed by atoms with Gasteiger partial charge in [0.1, 0.15) is 12.4 Å². The Morgan fingerprint density at radius 3 is 2.40 bits per heavy atom. The summed E-state index contributed by atoms with van der Waals surface area (Å²) in [6.07, 6.45) is 6.81. The van der Waals surface area contributed by atoms with E-state index in [0.29, 0.717) is 11.3 Å². The highest BCUT2D eigenvalue weighted by Gasteiger charge is 2.11. The largest absolute Gasteiger partial charge is 0.479 e. The van der Waals surface area contributed by atoms with Crippen LogP contribution in [0.1, 0.15) is 21.6 Å². The molecule has 1 amide bonds. The summed E-state index contributed by atoms with van der Waals surface area (Å²) in [5, 5.41) is 4.09. The number of terminal acetylenes is 1. The second-order valence-electron chi connectivity index (χ2n) is 7.61. The van der Waals surface area contributed by atoms with E-state index >= 15 is 0 Å². The maximum absolute atomic E-state index is 12.6. The number of aromatic nitrogens is 1. The molecule has 1 aromatic heterocycles. The normalized spacial score (nSPS) is 10.8. The fraction of sp³-hybridized carbons (Fsp3) is 0.0714. The van der Waals surface area contributed by atoms with Crippen molar-refractivity contribution in [1.29, 1.82) is 0 Å². The van der Waals surface area contributed by atoms with Crippen molar-refractivity contribution in [2.45, 2.75) is 6.92 Å². The van der Waals surface area contributed by atoms with Crippen LogP contribution in [0.3, 0.4) is 0 Å². The third kappa shape index (κ3) is 5.73. The van der Waals surface area contributed by atoms with E-state index in [1.807, 2.05) is 42.5 Å². The summed E-state index contributed by atoms with van der Waals surface area (Å²) in [6, 6.07) is 25.5. The zero-order chi connectivity index (χ0) is 24.8. The quantitative estimate of drug-likeness (QED) is 0.147. The first-order valence-corrected chi connectivity index (χ1v) is 12.3. The number of carbonyl (C=O) groups is 1. The molecule has 1 N–H and O–H groups in total. The summed E-state index contributed by atoms with van der Waals surface area (Å²) in [5.41, 5.74) is 8.17. The predicted octanol–water partition coefficient (Wildman–Crippen LogP) is 6.75. The maximum Gasteiger partial charge on any atom is 0.271 e. The number of nitrogens with one attached hydrogen (secondary N) is 1. The Bertz CT molecular complexity index is 1400. The molecule has 3 aromatic carbocycles. The second kappa shape index (κ2) is 11.2. The molecule has 1 heterocycles. The van der Waals surface area contributed by atoms with E-state index in [1.165, 1.54) is 0 Å². The van der Waals surface area contributed by atoms with Gasteiger partial charge in [0.25, 0.3) is 5.91 Å². The highest BCUT2D eigenvalue weighted by molar-refractivity contribution is 9.11. The molecule has 4 rings (SSSR count). The average molecular weight is 591 g/mol. The molecule has 0 saturated carbocycles. The fourth-order valence-electron chi connectivity index (χ4n) is 3.61. The number of hydrazone groups is 1. The van der Waals surface area contributed by atoms with E-state index < -0.39 is 0 Å². The summed E-state index contributed by atoms with van der Waals surface area (Å²) in [7, 11) is 0. The van der Waals surface area contributed by atoms with Crippen LogP contribution in [0, 0.1) is 19.3 Å². The summed E-state index contributed by atoms with van der Waals surface area (Å²) in [6.45, 7) is 2.23. The van der Waals surface area contributed by atoms with E-state index in [-0.39, 0.29) is 12.5 Å². The monoisotopic (exact) mass is 589 g/mol. The lowest BCUT2D eigenvalue weighted by Gasteiger charge is -2.12. The average Bonchev–Trinajstić information content (AvgIpc) is 3.25. The number of hydrogen-bond acceptors (Lipinski definition) is 3. The Kier molecular flexibility index (Phi) is 7.86. The summed E-state index contributed by atoms with van der Waals surface area (Å²) < 4.78 is 9.12. The molecular formula is C28H21Br2N3O2. The lowest BCUT2D eigenvalue weighted by molar-refractivity contribution is 0.0955. The van der Waals surface area contributed by atoms with Gasteiger partial charge in [-0.25, -0.2) is 5.43 Å². The Morgan fingerprint density at radius 2 is 1.74 bits per heavy atom. The van der Waals surface area contributed by atoms with Crippen LogP contribution in [0.15, 0.2) is 92.9 Å². The van der Waals surface area contributed by atoms with Gasteiger partial charge in [0.05, 0.1) is 20.9 Å². The predicted molar refractivity (Wildman–Crippen MR) is 147 cm³/mol. The molecule has 0 radical (unpaired) electrons. The lowest BCUT2D eigenvalue weighted by Crippen LogP contribution is -2.17. The van der Waals surface area contributed by atoms with Gasteiger partial charge < -0.3 is 9.30 Å². The van der Waals surface area contributed by atoms with Crippen molar-refractivity contribution >= 4 is 44.0 Å². The first-order chi connectivity index (χ1) is 17.0. The minimum atomic E-state index is -0.299. The van der Waals surface area contributed by atoms with E-state index in [4.69, 9.17) is 11.2 Å². The van der Waals surface area contributed by atoms with Gasteiger partial charge in [-0.2, -0.15) is 5.10 Å². The van der Waals surface area contributed by atoms with Crippen molar-refractivity contribution in [3.63, 3.8) is 0 Å². The topological polar surface area (TPSA) is 55.6 Å². The number of amides is 1. The number of hydrogen-bond donors (Lipinski definition) is 1. The first-order valence-electron chi connectivity index (χ1n) is 10.7. The van der Waals surface area contributed by atoms with Gasteiger partial charge in [-0.3, -0.25) is 4.79 Å². The molecule has 0 spiro atoms. The van der Waals surface area contributed by atoms with Crippen LogP contribution in [0.25, 0.3) is 16.9 Å². The third-order valence-corrected chi connectivity index (χ3v) is 6.41. The molecule has 0 unspecified atom stereocenters. The molecule has 0 fully saturated rings. The van der Waals surface area contributed by atoms with Crippen molar-refractivity contribution in [3.8, 4) is 35.0 Å². The van der Waals surface area contributed by atoms with Gasteiger partial charge in [0.15, 0.2) is 0 Å². The number of aryl methyl sites for hydroxylation is 1. The molecule has 0 aliphatic heterocycles. The molecule has 7 heteroatoms. The molecular weight excluding hydrogens is 570 g/mol. The smallest absolute Gasteiger partial charge is 0.271 e. The molecule has 0 saturated heterocycles. The van der Waals surface area contributed by atoms with Crippen molar-refractivity contribution < 1.29 is 9.53 Å². The molecule has 35 heavy (non-hydrogen) atoms. The number of nitrogens with zero attached hydrogens (tertiary/aromatic N) is 2. The van der Waals surface area contributed by atoms with Gasteiger partial charge in [0.2, 0.25) is 0 Å². The first kappa shape index (κ1) is 24.5. The van der Waals surface area contributed by atoms with Crippen LogP contribution in [0.5, 0.6) is 5.75 Å². The van der Waals surface area contributed by atoms with E-state index in [1.54, 1.807) is 18.3 Å². The molecule has 174 valence electrons. The molecule has 0 atom stereocenters. The highest BCUT2D eigenvalue weighted by Crippen LogP contribution is 2.34. The van der Waals surface area contributed by atoms with Gasteiger partial charge in [-0.1, -0.05) is 36.3 Å². The number of carbonyl (C=O) groups excluding carboxylic acids is 1. The van der Waals surface area contributed by atoms with Crippen molar-refractivity contribution in [3.05, 3.63) is 105 Å². The van der Waals surface area contributed by atoms with Crippen LogP contribution < -0.4 is 10.2 Å².